The van der Waals surface area contributed by atoms with E-state index in [1.165, 1.54) is 19.3 Å². The summed E-state index contributed by atoms with van der Waals surface area (Å²) in [7, 11) is 0. The Bertz CT molecular complexity index is 728. The lowest BCUT2D eigenvalue weighted by Crippen LogP contribution is -2.86. The molecule has 0 amide bonds. The van der Waals surface area contributed by atoms with Gasteiger partial charge in [-0.25, -0.2) is 20.0 Å². The monoisotopic (exact) mass is 418 g/mol. The third kappa shape index (κ3) is 2.84. The third-order valence-corrected chi connectivity index (χ3v) is 7.39. The molecule has 0 spiro atoms. The molecule has 0 aromatic rings. The minimum absolute atomic E-state index is 0.413. The smallest absolute Gasteiger partial charge is 0.310 e. The van der Waals surface area contributed by atoms with Crippen LogP contribution >= 0.6 is 0 Å². The Morgan fingerprint density at radius 2 is 1.33 bits per heavy atom. The maximum Gasteiger partial charge on any atom is 0.310 e. The number of guanidine groups is 4. The van der Waals surface area contributed by atoms with Crippen molar-refractivity contribution < 1.29 is 8.97 Å². The summed E-state index contributed by atoms with van der Waals surface area (Å²) in [6, 6.07) is 0. The Balaban J connectivity index is 1.88. The number of nitrogens with two attached hydrogens (primary N) is 2. The molecule has 6 N–H and O–H groups in total. The number of unbranched alkanes of at least 4 members (excludes halogenated alkanes) is 3. The first-order chi connectivity index (χ1) is 14.5. The van der Waals surface area contributed by atoms with Crippen LogP contribution in [-0.4, -0.2) is 90.8 Å². The number of hydrogen-bond donors (Lipinski definition) is 4. The lowest BCUT2D eigenvalue weighted by Gasteiger charge is -2.53. The topological polar surface area (TPSA) is 126 Å². The van der Waals surface area contributed by atoms with Crippen LogP contribution in [0.25, 0.3) is 0 Å². The second-order valence-corrected chi connectivity index (χ2v) is 8.84. The highest BCUT2D eigenvalue weighted by molar-refractivity contribution is 5.92. The molecule has 0 bridgehead atoms. The second kappa shape index (κ2) is 8.14. The van der Waals surface area contributed by atoms with Crippen LogP contribution in [0.2, 0.25) is 0 Å². The highest BCUT2D eigenvalue weighted by atomic mass is 15.7. The average Bonchev–Trinajstić information content (AvgIpc) is 3.52. The van der Waals surface area contributed by atoms with Gasteiger partial charge in [-0.3, -0.25) is 0 Å². The lowest BCUT2D eigenvalue weighted by atomic mass is 9.93. The van der Waals surface area contributed by atoms with Gasteiger partial charge in [-0.1, -0.05) is 26.2 Å². The molecular weight excluding hydrogens is 380 g/mol. The molecule has 0 aromatic carbocycles. The fourth-order valence-electron chi connectivity index (χ4n) is 5.80. The Hall–Kier alpha value is -2.20. The van der Waals surface area contributed by atoms with Crippen molar-refractivity contribution in [2.45, 2.75) is 51.6 Å². The summed E-state index contributed by atoms with van der Waals surface area (Å²) in [5, 5.41) is 7.07. The van der Waals surface area contributed by atoms with E-state index in [0.29, 0.717) is 34.0 Å². The first-order valence-corrected chi connectivity index (χ1v) is 11.5. The van der Waals surface area contributed by atoms with Crippen molar-refractivity contribution in [2.24, 2.45) is 31.4 Å². The van der Waals surface area contributed by atoms with E-state index in [1.54, 1.807) is 0 Å². The second-order valence-electron chi connectivity index (χ2n) is 8.84. The van der Waals surface area contributed by atoms with Crippen molar-refractivity contribution in [3.8, 4) is 0 Å². The van der Waals surface area contributed by atoms with Gasteiger partial charge < -0.3 is 22.1 Å². The molecule has 2 atom stereocenters. The quantitative estimate of drug-likeness (QED) is 0.340. The van der Waals surface area contributed by atoms with E-state index >= 15 is 0 Å². The molecule has 166 valence electrons. The molecule has 0 fully saturated rings. The number of nitrogens with one attached hydrogen (secondary N) is 2. The van der Waals surface area contributed by atoms with E-state index in [0.717, 1.165) is 64.0 Å². The zero-order valence-corrected chi connectivity index (χ0v) is 18.5. The molecule has 4 aliphatic rings. The van der Waals surface area contributed by atoms with Crippen molar-refractivity contribution in [3.63, 3.8) is 0 Å². The lowest BCUT2D eigenvalue weighted by molar-refractivity contribution is -1.01. The van der Waals surface area contributed by atoms with Crippen LogP contribution in [0.5, 0.6) is 0 Å². The van der Waals surface area contributed by atoms with E-state index in [-0.39, 0.29) is 0 Å². The van der Waals surface area contributed by atoms with Crippen molar-refractivity contribution in [3.05, 3.63) is 0 Å². The fraction of sp³-hybridized carbons (Fsp3) is 0.800. The summed E-state index contributed by atoms with van der Waals surface area (Å²) < 4.78 is 0.825. The Labute approximate surface area is 179 Å². The van der Waals surface area contributed by atoms with E-state index in [9.17, 15) is 0 Å². The number of nitrogens with zero attached hydrogens (tertiary/aromatic N) is 6. The molecule has 4 heterocycles. The summed E-state index contributed by atoms with van der Waals surface area (Å²) in [5.74, 6) is 3.08. The molecule has 0 saturated carbocycles. The molecule has 30 heavy (non-hydrogen) atoms. The summed E-state index contributed by atoms with van der Waals surface area (Å²) in [4.78, 5) is 19.1. The van der Waals surface area contributed by atoms with Crippen molar-refractivity contribution in [1.29, 1.82) is 0 Å². The maximum atomic E-state index is 6.73. The van der Waals surface area contributed by atoms with Crippen molar-refractivity contribution in [2.75, 3.05) is 52.4 Å². The predicted molar refractivity (Wildman–Crippen MR) is 121 cm³/mol. The number of rotatable bonds is 7. The van der Waals surface area contributed by atoms with Gasteiger partial charge in [0, 0.05) is 20.0 Å². The minimum atomic E-state index is -0.450. The van der Waals surface area contributed by atoms with Gasteiger partial charge in [0.2, 0.25) is 0 Å². The normalized spacial score (nSPS) is 32.7. The number of hydrogen-bond acceptors (Lipinski definition) is 8. The Morgan fingerprint density at radius 1 is 0.800 bits per heavy atom. The van der Waals surface area contributed by atoms with Crippen molar-refractivity contribution in [1.82, 2.24) is 10.6 Å². The SMILES string of the molecule is CCCCCCC(C)([N+]1(C2=NCCN2)CCN=C1N)[N+]1(C2=NCCN2)CCN=C1N. The molecule has 10 heteroatoms. The van der Waals surface area contributed by atoms with Gasteiger partial charge in [-0.15, -0.1) is 8.97 Å². The molecule has 0 aromatic heterocycles. The van der Waals surface area contributed by atoms with E-state index < -0.39 is 5.66 Å². The van der Waals surface area contributed by atoms with Crippen LogP contribution in [0.4, 0.5) is 0 Å². The van der Waals surface area contributed by atoms with Gasteiger partial charge in [0.15, 0.2) is 0 Å². The van der Waals surface area contributed by atoms with Gasteiger partial charge >= 0.3 is 23.8 Å². The van der Waals surface area contributed by atoms with Crippen molar-refractivity contribution >= 4 is 23.8 Å². The van der Waals surface area contributed by atoms with Crippen LogP contribution in [0.1, 0.15) is 46.0 Å². The van der Waals surface area contributed by atoms with Crippen LogP contribution in [0.3, 0.4) is 0 Å². The summed E-state index contributed by atoms with van der Waals surface area (Å²) in [6.07, 6.45) is 5.63. The van der Waals surface area contributed by atoms with Gasteiger partial charge in [0.05, 0.1) is 32.6 Å². The summed E-state index contributed by atoms with van der Waals surface area (Å²) in [6.45, 7) is 10.7. The zero-order valence-electron chi connectivity index (χ0n) is 18.5. The van der Waals surface area contributed by atoms with Crippen LogP contribution in [0.15, 0.2) is 20.0 Å². The van der Waals surface area contributed by atoms with Gasteiger partial charge in [0.25, 0.3) is 5.66 Å². The summed E-state index contributed by atoms with van der Waals surface area (Å²) in [5.41, 5.74) is 13.0. The number of aliphatic imine (C=N–C) groups is 4. The van der Waals surface area contributed by atoms with Crippen LogP contribution in [0, 0.1) is 0 Å². The maximum absolute atomic E-state index is 6.73. The first kappa shape index (κ1) is 21.0. The van der Waals surface area contributed by atoms with Crippen LogP contribution in [-0.2, 0) is 0 Å². The molecule has 10 nitrogen and oxygen atoms in total. The first-order valence-electron chi connectivity index (χ1n) is 11.5. The van der Waals surface area contributed by atoms with Gasteiger partial charge in [-0.2, -0.15) is 0 Å². The Morgan fingerprint density at radius 3 is 1.70 bits per heavy atom. The molecule has 0 aliphatic carbocycles. The van der Waals surface area contributed by atoms with E-state index in [1.807, 2.05) is 0 Å². The summed E-state index contributed by atoms with van der Waals surface area (Å²) >= 11 is 0. The zero-order chi connectivity index (χ0) is 21.2. The minimum Gasteiger partial charge on any atom is -0.337 e. The molecule has 0 radical (unpaired) electrons. The molecular formula is C20H38N10+2. The third-order valence-electron chi connectivity index (χ3n) is 7.39. The van der Waals surface area contributed by atoms with E-state index in [4.69, 9.17) is 31.4 Å². The van der Waals surface area contributed by atoms with Gasteiger partial charge in [0.1, 0.15) is 13.1 Å². The molecule has 0 saturated heterocycles. The van der Waals surface area contributed by atoms with E-state index in [2.05, 4.69) is 24.5 Å². The van der Waals surface area contributed by atoms with Crippen LogP contribution < -0.4 is 22.1 Å². The van der Waals surface area contributed by atoms with Gasteiger partial charge in [-0.05, 0) is 6.42 Å². The molecule has 4 aliphatic heterocycles. The average molecular weight is 419 g/mol. The highest BCUT2D eigenvalue weighted by Crippen LogP contribution is 2.43. The molecule has 4 rings (SSSR count). The number of quaternary nitrogens is 2. The Kier molecular flexibility index (Phi) is 5.71. The molecule has 2 unspecified atom stereocenters. The standard InChI is InChI=1S/C20H38N10/c1-3-4-5-6-7-20(2,29(14-12-23-16(29)21)18-25-8-9-26-18)30(15-13-24-17(30)22)19-27-10-11-28-19/h3-15H2,1-2H3,(H2,21,23)(H2,22,24)(H,25,26)(H,27,28)/q+2. The predicted octanol–water partition coefficient (Wildman–Crippen LogP) is -0.118. The largest absolute Gasteiger partial charge is 0.337 e. The fourth-order valence-corrected chi connectivity index (χ4v) is 5.80. The highest BCUT2D eigenvalue weighted by Gasteiger charge is 2.72.